The molecule has 138 valence electrons. The first-order valence-corrected chi connectivity index (χ1v) is 11.7. The van der Waals surface area contributed by atoms with Crippen LogP contribution in [0.1, 0.15) is 42.3 Å². The zero-order chi connectivity index (χ0) is 19.4. The van der Waals surface area contributed by atoms with E-state index in [0.717, 1.165) is 11.1 Å². The quantitative estimate of drug-likeness (QED) is 0.397. The normalized spacial score (nSPS) is 12.5. The van der Waals surface area contributed by atoms with E-state index in [4.69, 9.17) is 4.43 Å². The van der Waals surface area contributed by atoms with Gasteiger partial charge in [0, 0.05) is 5.56 Å². The van der Waals surface area contributed by atoms with Gasteiger partial charge in [0.25, 0.3) is 0 Å². The molecule has 26 heavy (non-hydrogen) atoms. The topological polar surface area (TPSA) is 46.5 Å². The van der Waals surface area contributed by atoms with Crippen molar-refractivity contribution in [2.24, 2.45) is 0 Å². The minimum absolute atomic E-state index is 0.0486. The lowest BCUT2D eigenvalue weighted by Crippen LogP contribution is -2.40. The zero-order valence-electron chi connectivity index (χ0n) is 16.2. The molecule has 1 N–H and O–H groups in total. The fourth-order valence-electron chi connectivity index (χ4n) is 2.21. The van der Waals surface area contributed by atoms with Gasteiger partial charge in [-0.25, -0.2) is 0 Å². The largest absolute Gasteiger partial charge is 0.508 e. The van der Waals surface area contributed by atoms with Crippen LogP contribution in [-0.4, -0.2) is 19.2 Å². The van der Waals surface area contributed by atoms with Gasteiger partial charge in [-0.3, -0.25) is 4.79 Å². The smallest absolute Gasteiger partial charge is 0.192 e. The van der Waals surface area contributed by atoms with E-state index >= 15 is 0 Å². The Kier molecular flexibility index (Phi) is 6.21. The zero-order valence-corrected chi connectivity index (χ0v) is 17.2. The molecular formula is C22H28O3Si. The van der Waals surface area contributed by atoms with Crippen LogP contribution in [0.2, 0.25) is 18.1 Å². The Morgan fingerprint density at radius 1 is 1.08 bits per heavy atom. The SMILES string of the molecule is CC(C)(C)[Si](C)(C)OCc1ccccc1C(=O)/C=C/c1ccc(O)cc1. The van der Waals surface area contributed by atoms with Gasteiger partial charge in [0.15, 0.2) is 14.1 Å². The summed E-state index contributed by atoms with van der Waals surface area (Å²) in [5.41, 5.74) is 2.45. The molecule has 0 unspecified atom stereocenters. The number of carbonyl (C=O) groups excluding carboxylic acids is 1. The van der Waals surface area contributed by atoms with E-state index in [1.54, 1.807) is 36.4 Å². The minimum atomic E-state index is -1.87. The molecule has 0 spiro atoms. The molecule has 0 radical (unpaired) electrons. The number of ketones is 1. The third-order valence-electron chi connectivity index (χ3n) is 5.00. The molecule has 0 amide bonds. The first-order valence-electron chi connectivity index (χ1n) is 8.83. The van der Waals surface area contributed by atoms with Gasteiger partial charge in [-0.15, -0.1) is 0 Å². The average Bonchev–Trinajstić information content (AvgIpc) is 2.58. The van der Waals surface area contributed by atoms with Crippen LogP contribution < -0.4 is 0 Å². The van der Waals surface area contributed by atoms with Gasteiger partial charge >= 0.3 is 0 Å². The Morgan fingerprint density at radius 2 is 1.69 bits per heavy atom. The molecule has 0 saturated carbocycles. The van der Waals surface area contributed by atoms with Crippen LogP contribution in [0.4, 0.5) is 0 Å². The van der Waals surface area contributed by atoms with Gasteiger partial charge in [-0.2, -0.15) is 0 Å². The number of benzene rings is 2. The van der Waals surface area contributed by atoms with E-state index in [2.05, 4.69) is 33.9 Å². The summed E-state index contributed by atoms with van der Waals surface area (Å²) in [6.45, 7) is 11.5. The number of hydrogen-bond acceptors (Lipinski definition) is 3. The van der Waals surface area contributed by atoms with Crippen LogP contribution in [0.15, 0.2) is 54.6 Å². The minimum Gasteiger partial charge on any atom is -0.508 e. The van der Waals surface area contributed by atoms with Crippen molar-refractivity contribution in [3.8, 4) is 5.75 Å². The molecule has 0 aromatic heterocycles. The molecule has 0 aliphatic heterocycles. The van der Waals surface area contributed by atoms with E-state index in [0.29, 0.717) is 12.2 Å². The molecule has 0 atom stereocenters. The second kappa shape index (κ2) is 8.02. The maximum absolute atomic E-state index is 12.6. The lowest BCUT2D eigenvalue weighted by molar-refractivity contribution is 0.104. The first kappa shape index (κ1) is 20.1. The van der Waals surface area contributed by atoms with Crippen LogP contribution in [0.5, 0.6) is 5.75 Å². The standard InChI is InChI=1S/C22H28O3Si/c1-22(2,3)26(4,5)25-16-18-8-6-7-9-20(18)21(24)15-12-17-10-13-19(23)14-11-17/h6-15,23H,16H2,1-5H3/b15-12+. The molecule has 0 fully saturated rings. The molecule has 4 heteroatoms. The molecule has 2 aromatic carbocycles. The number of phenols is 1. The number of allylic oxidation sites excluding steroid dienone is 1. The molecule has 0 aliphatic rings. The van der Waals surface area contributed by atoms with Crippen molar-refractivity contribution in [1.82, 2.24) is 0 Å². The highest BCUT2D eigenvalue weighted by Gasteiger charge is 2.37. The van der Waals surface area contributed by atoms with E-state index in [1.807, 2.05) is 24.3 Å². The summed E-state index contributed by atoms with van der Waals surface area (Å²) in [5.74, 6) is 0.161. The van der Waals surface area contributed by atoms with Crippen molar-refractivity contribution in [2.75, 3.05) is 0 Å². The van der Waals surface area contributed by atoms with Crippen molar-refractivity contribution < 1.29 is 14.3 Å². The van der Waals surface area contributed by atoms with Crippen LogP contribution >= 0.6 is 0 Å². The van der Waals surface area contributed by atoms with Crippen LogP contribution in [-0.2, 0) is 11.0 Å². The molecule has 0 aliphatic carbocycles. The fraction of sp³-hybridized carbons (Fsp3) is 0.318. The summed E-state index contributed by atoms with van der Waals surface area (Å²) in [7, 11) is -1.87. The third kappa shape index (κ3) is 5.16. The van der Waals surface area contributed by atoms with Gasteiger partial charge in [-0.05, 0) is 47.5 Å². The lowest BCUT2D eigenvalue weighted by atomic mass is 10.0. The number of rotatable bonds is 6. The molecule has 2 aromatic rings. The summed E-state index contributed by atoms with van der Waals surface area (Å²) < 4.78 is 6.28. The highest BCUT2D eigenvalue weighted by Crippen LogP contribution is 2.37. The summed E-state index contributed by atoms with van der Waals surface area (Å²) >= 11 is 0. The van der Waals surface area contributed by atoms with Crippen LogP contribution in [0.3, 0.4) is 0 Å². The van der Waals surface area contributed by atoms with E-state index in [1.165, 1.54) is 0 Å². The Bertz CT molecular complexity index is 784. The number of aromatic hydroxyl groups is 1. The van der Waals surface area contributed by atoms with Crippen LogP contribution in [0, 0.1) is 0 Å². The van der Waals surface area contributed by atoms with Gasteiger partial charge in [0.1, 0.15) is 5.75 Å². The molecule has 2 rings (SSSR count). The Labute approximate surface area is 157 Å². The Morgan fingerprint density at radius 3 is 2.31 bits per heavy atom. The Hall–Kier alpha value is -2.17. The number of carbonyl (C=O) groups is 1. The predicted molar refractivity (Wildman–Crippen MR) is 110 cm³/mol. The highest BCUT2D eigenvalue weighted by molar-refractivity contribution is 6.74. The van der Waals surface area contributed by atoms with E-state index in [9.17, 15) is 9.90 Å². The molecular weight excluding hydrogens is 340 g/mol. The second-order valence-electron chi connectivity index (χ2n) is 8.00. The number of hydrogen-bond donors (Lipinski definition) is 1. The fourth-order valence-corrected chi connectivity index (χ4v) is 3.16. The van der Waals surface area contributed by atoms with E-state index in [-0.39, 0.29) is 16.6 Å². The summed E-state index contributed by atoms with van der Waals surface area (Å²) in [5, 5.41) is 9.46. The van der Waals surface area contributed by atoms with Crippen molar-refractivity contribution in [3.05, 3.63) is 71.3 Å². The molecule has 0 bridgehead atoms. The first-order chi connectivity index (χ1) is 12.1. The Balaban J connectivity index is 2.15. The van der Waals surface area contributed by atoms with Crippen molar-refractivity contribution in [1.29, 1.82) is 0 Å². The van der Waals surface area contributed by atoms with Gasteiger partial charge in [0.05, 0.1) is 6.61 Å². The summed E-state index contributed by atoms with van der Waals surface area (Å²) in [4.78, 5) is 12.6. The maximum Gasteiger partial charge on any atom is 0.192 e. The monoisotopic (exact) mass is 368 g/mol. The third-order valence-corrected chi connectivity index (χ3v) is 9.48. The lowest BCUT2D eigenvalue weighted by Gasteiger charge is -2.36. The second-order valence-corrected chi connectivity index (χ2v) is 12.8. The molecule has 0 heterocycles. The summed E-state index contributed by atoms with van der Waals surface area (Å²) in [6.07, 6.45) is 3.32. The van der Waals surface area contributed by atoms with E-state index < -0.39 is 8.32 Å². The van der Waals surface area contributed by atoms with Crippen molar-refractivity contribution >= 4 is 20.2 Å². The van der Waals surface area contributed by atoms with Crippen molar-refractivity contribution in [3.63, 3.8) is 0 Å². The highest BCUT2D eigenvalue weighted by atomic mass is 28.4. The van der Waals surface area contributed by atoms with Gasteiger partial charge in [0.2, 0.25) is 0 Å². The average molecular weight is 369 g/mol. The molecule has 0 saturated heterocycles. The van der Waals surface area contributed by atoms with Gasteiger partial charge in [-0.1, -0.05) is 63.2 Å². The van der Waals surface area contributed by atoms with Crippen molar-refractivity contribution in [2.45, 2.75) is 45.5 Å². The van der Waals surface area contributed by atoms with Crippen LogP contribution in [0.25, 0.3) is 6.08 Å². The molecule has 3 nitrogen and oxygen atoms in total. The maximum atomic E-state index is 12.6. The predicted octanol–water partition coefficient (Wildman–Crippen LogP) is 5.81. The summed E-state index contributed by atoms with van der Waals surface area (Å²) in [6, 6.07) is 14.3. The number of phenolic OH excluding ortho intramolecular Hbond substituents is 1. The van der Waals surface area contributed by atoms with Gasteiger partial charge < -0.3 is 9.53 Å².